The van der Waals surface area contributed by atoms with Gasteiger partial charge in [0, 0.05) is 15.8 Å². The highest BCUT2D eigenvalue weighted by Gasteiger charge is 2.21. The minimum atomic E-state index is -0.469. The SMILES string of the molecule is CCCOc1cccc(-c2cc(C(=O)Nc3sc(CCC)cc3C(=O)OC)c3ccccc3n2)c1. The summed E-state index contributed by atoms with van der Waals surface area (Å²) < 4.78 is 10.7. The summed E-state index contributed by atoms with van der Waals surface area (Å²) in [7, 11) is 1.34. The van der Waals surface area contributed by atoms with Gasteiger partial charge >= 0.3 is 5.97 Å². The molecule has 0 radical (unpaired) electrons. The number of carbonyl (C=O) groups is 2. The van der Waals surface area contributed by atoms with Gasteiger partial charge in [-0.25, -0.2) is 9.78 Å². The predicted octanol–water partition coefficient (Wildman–Crippen LogP) is 6.74. The molecule has 0 aliphatic heterocycles. The van der Waals surface area contributed by atoms with Crippen molar-refractivity contribution in [1.29, 1.82) is 0 Å². The van der Waals surface area contributed by atoms with Gasteiger partial charge in [0.15, 0.2) is 0 Å². The van der Waals surface area contributed by atoms with E-state index in [1.165, 1.54) is 18.4 Å². The van der Waals surface area contributed by atoms with Crippen LogP contribution in [0.15, 0.2) is 60.7 Å². The molecule has 0 saturated heterocycles. The summed E-state index contributed by atoms with van der Waals surface area (Å²) >= 11 is 1.40. The molecule has 0 bridgehead atoms. The van der Waals surface area contributed by atoms with Crippen LogP contribution in [0.4, 0.5) is 5.00 Å². The molecule has 2 aromatic heterocycles. The smallest absolute Gasteiger partial charge is 0.340 e. The highest BCUT2D eigenvalue weighted by molar-refractivity contribution is 7.16. The van der Waals surface area contributed by atoms with E-state index in [4.69, 9.17) is 14.5 Å². The molecule has 0 aliphatic rings. The molecule has 0 unspecified atom stereocenters. The molecule has 0 fully saturated rings. The monoisotopic (exact) mass is 488 g/mol. The number of nitrogens with one attached hydrogen (secondary N) is 1. The first kappa shape index (κ1) is 24.4. The largest absolute Gasteiger partial charge is 0.494 e. The van der Waals surface area contributed by atoms with Crippen LogP contribution < -0.4 is 10.1 Å². The average molecular weight is 489 g/mol. The molecule has 0 atom stereocenters. The van der Waals surface area contributed by atoms with Gasteiger partial charge in [-0.2, -0.15) is 0 Å². The highest BCUT2D eigenvalue weighted by Crippen LogP contribution is 2.32. The van der Waals surface area contributed by atoms with Gasteiger partial charge in [-0.15, -0.1) is 11.3 Å². The molecule has 0 saturated carbocycles. The fraction of sp³-hybridized carbons (Fsp3) is 0.250. The second-order valence-corrected chi connectivity index (χ2v) is 9.24. The Morgan fingerprint density at radius 1 is 0.971 bits per heavy atom. The number of aromatic nitrogens is 1. The molecule has 2 heterocycles. The number of hydrogen-bond acceptors (Lipinski definition) is 6. The number of methoxy groups -OCH3 is 1. The first-order chi connectivity index (χ1) is 17.0. The van der Waals surface area contributed by atoms with Gasteiger partial charge in [0.05, 0.1) is 36.1 Å². The maximum Gasteiger partial charge on any atom is 0.340 e. The number of amides is 1. The fourth-order valence-corrected chi connectivity index (χ4v) is 4.95. The summed E-state index contributed by atoms with van der Waals surface area (Å²) in [6, 6.07) is 18.8. The number of nitrogens with zero attached hydrogens (tertiary/aromatic N) is 1. The number of carbonyl (C=O) groups excluding carboxylic acids is 2. The number of thiophene rings is 1. The molecule has 0 aliphatic carbocycles. The lowest BCUT2D eigenvalue weighted by atomic mass is 10.0. The number of esters is 1. The van der Waals surface area contributed by atoms with Crippen molar-refractivity contribution in [2.24, 2.45) is 0 Å². The van der Waals surface area contributed by atoms with Crippen molar-refractivity contribution in [2.75, 3.05) is 19.0 Å². The van der Waals surface area contributed by atoms with Crippen molar-refractivity contribution in [1.82, 2.24) is 4.98 Å². The lowest BCUT2D eigenvalue weighted by Crippen LogP contribution is -2.14. The molecule has 35 heavy (non-hydrogen) atoms. The molecule has 6 nitrogen and oxygen atoms in total. The number of fused-ring (bicyclic) bond motifs is 1. The van der Waals surface area contributed by atoms with Crippen LogP contribution in [0, 0.1) is 0 Å². The number of para-hydroxylation sites is 1. The van der Waals surface area contributed by atoms with E-state index in [1.807, 2.05) is 48.5 Å². The minimum absolute atomic E-state index is 0.307. The number of ether oxygens (including phenoxy) is 2. The normalized spacial score (nSPS) is 10.8. The molecular weight excluding hydrogens is 460 g/mol. The summed E-state index contributed by atoms with van der Waals surface area (Å²) in [4.78, 5) is 31.7. The zero-order valence-electron chi connectivity index (χ0n) is 20.1. The summed E-state index contributed by atoms with van der Waals surface area (Å²) in [6.45, 7) is 4.76. The van der Waals surface area contributed by atoms with Crippen molar-refractivity contribution in [2.45, 2.75) is 33.1 Å². The van der Waals surface area contributed by atoms with Crippen molar-refractivity contribution in [3.05, 3.63) is 76.7 Å². The van der Waals surface area contributed by atoms with E-state index >= 15 is 0 Å². The van der Waals surface area contributed by atoms with Gasteiger partial charge in [-0.1, -0.05) is 50.6 Å². The first-order valence-electron chi connectivity index (χ1n) is 11.7. The van der Waals surface area contributed by atoms with Crippen LogP contribution in [0.25, 0.3) is 22.2 Å². The zero-order valence-corrected chi connectivity index (χ0v) is 20.9. The van der Waals surface area contributed by atoms with Gasteiger partial charge in [-0.05, 0) is 43.2 Å². The number of benzene rings is 2. The van der Waals surface area contributed by atoms with E-state index in [1.54, 1.807) is 12.1 Å². The Bertz CT molecular complexity index is 1360. The van der Waals surface area contributed by atoms with Crippen LogP contribution in [-0.2, 0) is 11.2 Å². The number of anilines is 1. The summed E-state index contributed by atoms with van der Waals surface area (Å²) in [6.07, 6.45) is 2.68. The van der Waals surface area contributed by atoms with Crippen molar-refractivity contribution in [3.8, 4) is 17.0 Å². The Morgan fingerprint density at radius 2 is 1.80 bits per heavy atom. The van der Waals surface area contributed by atoms with E-state index in [0.717, 1.165) is 40.8 Å². The lowest BCUT2D eigenvalue weighted by Gasteiger charge is -2.12. The topological polar surface area (TPSA) is 77.5 Å². The number of pyridine rings is 1. The maximum absolute atomic E-state index is 13.5. The summed E-state index contributed by atoms with van der Waals surface area (Å²) in [5, 5.41) is 4.18. The van der Waals surface area contributed by atoms with Gasteiger partial charge in [-0.3, -0.25) is 4.79 Å². The van der Waals surface area contributed by atoms with Gasteiger partial charge in [0.2, 0.25) is 0 Å². The Balaban J connectivity index is 1.74. The zero-order chi connectivity index (χ0) is 24.8. The first-order valence-corrected chi connectivity index (χ1v) is 12.5. The molecule has 0 spiro atoms. The Morgan fingerprint density at radius 3 is 2.57 bits per heavy atom. The summed E-state index contributed by atoms with van der Waals surface area (Å²) in [5.41, 5.74) is 3.08. The van der Waals surface area contributed by atoms with Crippen LogP contribution in [0.5, 0.6) is 5.75 Å². The number of rotatable bonds is 9. The second-order valence-electron chi connectivity index (χ2n) is 8.10. The Hall–Kier alpha value is -3.71. The molecule has 1 N–H and O–H groups in total. The van der Waals surface area contributed by atoms with E-state index in [-0.39, 0.29) is 5.91 Å². The number of hydrogen-bond donors (Lipinski definition) is 1. The van der Waals surface area contributed by atoms with Gasteiger partial charge < -0.3 is 14.8 Å². The molecule has 2 aromatic carbocycles. The Kier molecular flexibility index (Phi) is 7.77. The van der Waals surface area contributed by atoms with Gasteiger partial charge in [0.1, 0.15) is 10.8 Å². The molecule has 180 valence electrons. The average Bonchev–Trinajstić information content (AvgIpc) is 3.28. The van der Waals surface area contributed by atoms with Crippen LogP contribution in [-0.4, -0.2) is 30.6 Å². The fourth-order valence-electron chi connectivity index (χ4n) is 3.81. The lowest BCUT2D eigenvalue weighted by molar-refractivity contribution is 0.0602. The third-order valence-electron chi connectivity index (χ3n) is 5.48. The summed E-state index contributed by atoms with van der Waals surface area (Å²) in [5.74, 6) is -0.0172. The molecule has 4 aromatic rings. The van der Waals surface area contributed by atoms with Gasteiger partial charge in [0.25, 0.3) is 5.91 Å². The third-order valence-corrected chi connectivity index (χ3v) is 6.59. The van der Waals surface area contributed by atoms with Crippen LogP contribution in [0.3, 0.4) is 0 Å². The third kappa shape index (κ3) is 5.52. The van der Waals surface area contributed by atoms with E-state index in [0.29, 0.717) is 33.9 Å². The van der Waals surface area contributed by atoms with Crippen molar-refractivity contribution < 1.29 is 19.1 Å². The highest BCUT2D eigenvalue weighted by atomic mass is 32.1. The minimum Gasteiger partial charge on any atom is -0.494 e. The Labute approximate surface area is 208 Å². The molecular formula is C28H28N2O4S. The molecule has 1 amide bonds. The quantitative estimate of drug-likeness (QED) is 0.264. The maximum atomic E-state index is 13.5. The van der Waals surface area contributed by atoms with Crippen LogP contribution >= 0.6 is 11.3 Å². The van der Waals surface area contributed by atoms with Crippen molar-refractivity contribution in [3.63, 3.8) is 0 Å². The second kappa shape index (κ2) is 11.1. The van der Waals surface area contributed by atoms with E-state index in [2.05, 4.69) is 19.2 Å². The molecule has 4 rings (SSSR count). The molecule has 7 heteroatoms. The standard InChI is InChI=1S/C28H28N2O4S/c1-4-9-20-16-23(28(32)33-3)27(35-20)30-26(31)22-17-25(29-24-13-7-6-12-21(22)24)18-10-8-11-19(15-18)34-14-5-2/h6-8,10-13,15-17H,4-5,9,14H2,1-3H3,(H,30,31). The van der Waals surface area contributed by atoms with Crippen LogP contribution in [0.2, 0.25) is 0 Å². The van der Waals surface area contributed by atoms with Crippen LogP contribution in [0.1, 0.15) is 52.3 Å². The van der Waals surface area contributed by atoms with E-state index in [9.17, 15) is 9.59 Å². The number of aryl methyl sites for hydroxylation is 1. The van der Waals surface area contributed by atoms with Crippen molar-refractivity contribution >= 4 is 39.1 Å². The van der Waals surface area contributed by atoms with E-state index < -0.39 is 5.97 Å². The predicted molar refractivity (Wildman–Crippen MR) is 141 cm³/mol.